The van der Waals surface area contributed by atoms with Crippen molar-refractivity contribution in [3.8, 4) is 0 Å². The van der Waals surface area contributed by atoms with Gasteiger partial charge in [0.15, 0.2) is 5.78 Å². The molecule has 4 heterocycles. The number of Topliss-reactive ketones (excluding diaryl/α,β-unsaturated/α-hetero) is 1. The number of ketones is 1. The van der Waals surface area contributed by atoms with Crippen molar-refractivity contribution < 1.29 is 18.0 Å². The average Bonchev–Trinajstić information content (AvgIpc) is 3.01. The predicted octanol–water partition coefficient (Wildman–Crippen LogP) is 5.61. The Bertz CT molecular complexity index is 846. The lowest BCUT2D eigenvalue weighted by atomic mass is 9.65. The highest BCUT2D eigenvalue weighted by Crippen LogP contribution is 2.46. The van der Waals surface area contributed by atoms with Gasteiger partial charge in [-0.25, -0.2) is 0 Å². The van der Waals surface area contributed by atoms with Crippen LogP contribution in [0.25, 0.3) is 10.1 Å². The Morgan fingerprint density at radius 1 is 1.23 bits per heavy atom. The average molecular weight is 381 g/mol. The predicted molar refractivity (Wildman–Crippen MR) is 97.6 cm³/mol. The lowest BCUT2D eigenvalue weighted by Crippen LogP contribution is -2.61. The van der Waals surface area contributed by atoms with Gasteiger partial charge in [-0.05, 0) is 81.3 Å². The lowest BCUT2D eigenvalue weighted by molar-refractivity contribution is -0.137. The van der Waals surface area contributed by atoms with Gasteiger partial charge in [0.25, 0.3) is 0 Å². The van der Waals surface area contributed by atoms with E-state index in [2.05, 4.69) is 18.7 Å². The number of carbonyl (C=O) groups excluding carboxylic acids is 1. The molecule has 2 bridgehead atoms. The third kappa shape index (κ3) is 2.97. The second-order valence-corrected chi connectivity index (χ2v) is 9.16. The van der Waals surface area contributed by atoms with Gasteiger partial charge < -0.3 is 0 Å². The van der Waals surface area contributed by atoms with Crippen molar-refractivity contribution in [1.29, 1.82) is 0 Å². The Morgan fingerprint density at radius 2 is 1.92 bits per heavy atom. The van der Waals surface area contributed by atoms with Crippen LogP contribution in [0.5, 0.6) is 0 Å². The molecule has 140 valence electrons. The highest BCUT2D eigenvalue weighted by Gasteiger charge is 2.48. The summed E-state index contributed by atoms with van der Waals surface area (Å²) in [6, 6.07) is 5.33. The molecule has 3 saturated heterocycles. The highest BCUT2D eigenvalue weighted by atomic mass is 32.1. The molecule has 0 N–H and O–H groups in total. The Morgan fingerprint density at radius 3 is 2.54 bits per heavy atom. The molecule has 2 nitrogen and oxygen atoms in total. The van der Waals surface area contributed by atoms with Crippen molar-refractivity contribution in [3.05, 3.63) is 34.7 Å². The summed E-state index contributed by atoms with van der Waals surface area (Å²) in [5, 5.41) is 0.501. The molecule has 3 fully saturated rings. The Balaban J connectivity index is 1.58. The third-order valence-corrected chi connectivity index (χ3v) is 7.51. The van der Waals surface area contributed by atoms with Crippen LogP contribution < -0.4 is 0 Å². The number of fused-ring (bicyclic) bond motifs is 4. The molecule has 0 aliphatic carbocycles. The van der Waals surface area contributed by atoms with E-state index in [1.165, 1.54) is 17.4 Å². The monoisotopic (exact) mass is 381 g/mol. The number of rotatable bonds is 3. The van der Waals surface area contributed by atoms with Gasteiger partial charge in [0, 0.05) is 16.7 Å². The van der Waals surface area contributed by atoms with Crippen molar-refractivity contribution >= 4 is 27.2 Å². The molecule has 1 aromatic heterocycles. The summed E-state index contributed by atoms with van der Waals surface area (Å²) in [5.41, 5.74) is -0.655. The van der Waals surface area contributed by atoms with Crippen LogP contribution in [0.3, 0.4) is 0 Å². The van der Waals surface area contributed by atoms with Crippen LogP contribution in [-0.4, -0.2) is 29.3 Å². The molecule has 0 unspecified atom stereocenters. The van der Waals surface area contributed by atoms with Gasteiger partial charge in [0.2, 0.25) is 0 Å². The molecule has 3 aliphatic rings. The molecule has 1 atom stereocenters. The van der Waals surface area contributed by atoms with E-state index in [-0.39, 0.29) is 11.3 Å². The van der Waals surface area contributed by atoms with Gasteiger partial charge in [-0.15, -0.1) is 11.3 Å². The normalized spacial score (nSPS) is 27.8. The van der Waals surface area contributed by atoms with Crippen LogP contribution in [0.1, 0.15) is 48.3 Å². The zero-order chi connectivity index (χ0) is 18.7. The Hall–Kier alpha value is -1.40. The van der Waals surface area contributed by atoms with Gasteiger partial charge in [-0.3, -0.25) is 9.69 Å². The van der Waals surface area contributed by atoms with Gasteiger partial charge in [0.05, 0.1) is 10.4 Å². The summed E-state index contributed by atoms with van der Waals surface area (Å²) in [4.78, 5) is 16.0. The molecule has 2 aromatic rings. The molecular weight excluding hydrogens is 359 g/mol. The highest BCUT2D eigenvalue weighted by molar-refractivity contribution is 7.20. The number of benzene rings is 1. The molecule has 0 radical (unpaired) electrons. The molecule has 26 heavy (non-hydrogen) atoms. The topological polar surface area (TPSA) is 20.3 Å². The quantitative estimate of drug-likeness (QED) is 0.644. The molecule has 0 amide bonds. The van der Waals surface area contributed by atoms with Crippen molar-refractivity contribution in [3.63, 3.8) is 0 Å². The summed E-state index contributed by atoms with van der Waals surface area (Å²) in [6.07, 6.45) is -1.60. The third-order valence-electron chi connectivity index (χ3n) is 6.35. The maximum Gasteiger partial charge on any atom is 0.416 e. The number of hydrogen-bond donors (Lipinski definition) is 0. The van der Waals surface area contributed by atoms with Crippen LogP contribution in [-0.2, 0) is 6.18 Å². The molecule has 1 aromatic carbocycles. The van der Waals surface area contributed by atoms with Crippen molar-refractivity contribution in [2.75, 3.05) is 13.1 Å². The van der Waals surface area contributed by atoms with Gasteiger partial charge in [-0.1, -0.05) is 0 Å². The molecule has 0 spiro atoms. The number of alkyl halides is 3. The molecule has 0 saturated carbocycles. The fourth-order valence-corrected chi connectivity index (χ4v) is 5.76. The number of thiophene rings is 1. The van der Waals surface area contributed by atoms with Crippen LogP contribution >= 0.6 is 11.3 Å². The molecule has 3 aliphatic heterocycles. The first-order valence-corrected chi connectivity index (χ1v) is 9.87. The minimum absolute atomic E-state index is 0.0109. The summed E-state index contributed by atoms with van der Waals surface area (Å²) in [7, 11) is 0. The van der Waals surface area contributed by atoms with Crippen molar-refractivity contribution in [1.82, 2.24) is 4.90 Å². The zero-order valence-corrected chi connectivity index (χ0v) is 15.7. The minimum Gasteiger partial charge on any atom is -0.298 e. The van der Waals surface area contributed by atoms with E-state index in [1.807, 2.05) is 0 Å². The van der Waals surface area contributed by atoms with E-state index in [4.69, 9.17) is 0 Å². The zero-order valence-electron chi connectivity index (χ0n) is 14.9. The van der Waals surface area contributed by atoms with Crippen LogP contribution in [0, 0.1) is 11.8 Å². The fourth-order valence-electron chi connectivity index (χ4n) is 4.76. The minimum atomic E-state index is -4.36. The van der Waals surface area contributed by atoms with Crippen LogP contribution in [0.2, 0.25) is 0 Å². The molecule has 5 rings (SSSR count). The molecule has 6 heteroatoms. The van der Waals surface area contributed by atoms with Gasteiger partial charge in [-0.2, -0.15) is 13.2 Å². The number of carbonyl (C=O) groups is 1. The largest absolute Gasteiger partial charge is 0.416 e. The summed E-state index contributed by atoms with van der Waals surface area (Å²) >= 11 is 1.30. The van der Waals surface area contributed by atoms with Crippen LogP contribution in [0.15, 0.2) is 24.3 Å². The SMILES string of the molecule is CC1(C)[C@@H](CC(=O)c2cc3cc(C(F)(F)F)ccc3s2)C2CCN1CC2. The fraction of sp³-hybridized carbons (Fsp3) is 0.550. The van der Waals surface area contributed by atoms with Crippen molar-refractivity contribution in [2.24, 2.45) is 11.8 Å². The number of hydrogen-bond acceptors (Lipinski definition) is 3. The summed E-state index contributed by atoms with van der Waals surface area (Å²) in [6.45, 7) is 6.64. The van der Waals surface area contributed by atoms with E-state index < -0.39 is 11.7 Å². The van der Waals surface area contributed by atoms with Gasteiger partial charge >= 0.3 is 6.18 Å². The van der Waals surface area contributed by atoms with E-state index in [0.717, 1.165) is 42.8 Å². The second kappa shape index (κ2) is 6.06. The van der Waals surface area contributed by atoms with Crippen LogP contribution in [0.4, 0.5) is 13.2 Å². The first-order chi connectivity index (χ1) is 12.2. The van der Waals surface area contributed by atoms with Gasteiger partial charge in [0.1, 0.15) is 0 Å². The maximum absolute atomic E-state index is 12.9. The second-order valence-electron chi connectivity index (χ2n) is 8.07. The smallest absolute Gasteiger partial charge is 0.298 e. The first kappa shape index (κ1) is 18.0. The van der Waals surface area contributed by atoms with E-state index >= 15 is 0 Å². The number of halogens is 3. The first-order valence-electron chi connectivity index (χ1n) is 9.05. The number of piperidine rings is 3. The van der Waals surface area contributed by atoms with E-state index in [0.29, 0.717) is 28.5 Å². The Labute approximate surface area is 155 Å². The van der Waals surface area contributed by atoms with Crippen molar-refractivity contribution in [2.45, 2.75) is 44.8 Å². The van der Waals surface area contributed by atoms with E-state index in [9.17, 15) is 18.0 Å². The summed E-state index contributed by atoms with van der Waals surface area (Å²) < 4.78 is 39.4. The standard InChI is InChI=1S/C20H22F3NOS/c1-19(2)15(12-5-7-24(19)8-6-12)11-16(25)18-10-13-9-14(20(21,22)23)3-4-17(13)26-18/h3-4,9-10,12,15H,5-8,11H2,1-2H3/t15-/m0/s1. The Kier molecular flexibility index (Phi) is 4.19. The van der Waals surface area contributed by atoms with E-state index in [1.54, 1.807) is 6.07 Å². The summed E-state index contributed by atoms with van der Waals surface area (Å²) in [5.74, 6) is 0.949. The number of nitrogens with zero attached hydrogens (tertiary/aromatic N) is 1. The maximum atomic E-state index is 12.9. The lowest BCUT2D eigenvalue weighted by Gasteiger charge is -2.56. The molecular formula is C20H22F3NOS.